The van der Waals surface area contributed by atoms with Crippen molar-refractivity contribution in [2.75, 3.05) is 5.32 Å². The lowest BCUT2D eigenvalue weighted by Crippen LogP contribution is -2.14. The number of nitrogens with zero attached hydrogens (tertiary/aromatic N) is 4. The highest BCUT2D eigenvalue weighted by molar-refractivity contribution is 7.12. The molecule has 4 rings (SSSR count). The molecule has 3 heterocycles. The number of nitrogens with one attached hydrogen (secondary N) is 1. The molecule has 0 fully saturated rings. The number of imidazole rings is 1. The number of carbonyl (C=O) groups is 1. The zero-order valence-corrected chi connectivity index (χ0v) is 15.2. The van der Waals surface area contributed by atoms with Gasteiger partial charge in [0.1, 0.15) is 0 Å². The van der Waals surface area contributed by atoms with Crippen molar-refractivity contribution in [2.24, 2.45) is 0 Å². The first-order chi connectivity index (χ1) is 12.6. The smallest absolute Gasteiger partial charge is 0.257 e. The van der Waals surface area contributed by atoms with Crippen molar-refractivity contribution in [3.05, 3.63) is 77.6 Å². The molecule has 26 heavy (non-hydrogen) atoms. The Morgan fingerprint density at radius 1 is 1.19 bits per heavy atom. The molecule has 0 aliphatic carbocycles. The quantitative estimate of drug-likeness (QED) is 0.596. The summed E-state index contributed by atoms with van der Waals surface area (Å²) in [4.78, 5) is 21.4. The summed E-state index contributed by atoms with van der Waals surface area (Å²) < 4.78 is 3.87. The number of aromatic nitrogens is 4. The number of benzene rings is 1. The molecule has 1 amide bonds. The number of rotatable bonds is 4. The van der Waals surface area contributed by atoms with Crippen LogP contribution in [0.25, 0.3) is 10.8 Å². The van der Waals surface area contributed by atoms with E-state index in [1.807, 2.05) is 64.9 Å². The highest BCUT2D eigenvalue weighted by Crippen LogP contribution is 2.25. The fraction of sp³-hybridized carbons (Fsp3) is 0.105. The number of anilines is 1. The SMILES string of the molecule is Cc1cc(C(=O)Nc2ccccc2-n2ccnc2)c(C)n1-c1nccs1. The molecule has 0 spiro atoms. The molecule has 0 unspecified atom stereocenters. The lowest BCUT2D eigenvalue weighted by molar-refractivity contribution is 0.102. The van der Waals surface area contributed by atoms with Crippen molar-refractivity contribution in [3.63, 3.8) is 0 Å². The van der Waals surface area contributed by atoms with Gasteiger partial charge in [0.2, 0.25) is 0 Å². The van der Waals surface area contributed by atoms with Crippen molar-refractivity contribution in [2.45, 2.75) is 13.8 Å². The number of hydrogen-bond acceptors (Lipinski definition) is 4. The van der Waals surface area contributed by atoms with Crippen LogP contribution in [0.5, 0.6) is 0 Å². The summed E-state index contributed by atoms with van der Waals surface area (Å²) in [5.41, 5.74) is 4.08. The number of aryl methyl sites for hydroxylation is 1. The van der Waals surface area contributed by atoms with Crippen molar-refractivity contribution >= 4 is 22.9 Å². The molecule has 3 aromatic heterocycles. The van der Waals surface area contributed by atoms with Gasteiger partial charge in [-0.25, -0.2) is 9.97 Å². The maximum Gasteiger partial charge on any atom is 0.257 e. The molecular formula is C19H17N5OS. The van der Waals surface area contributed by atoms with Gasteiger partial charge >= 0.3 is 0 Å². The van der Waals surface area contributed by atoms with Crippen LogP contribution in [0.3, 0.4) is 0 Å². The molecule has 0 radical (unpaired) electrons. The van der Waals surface area contributed by atoms with Gasteiger partial charge in [0.05, 0.1) is 23.3 Å². The maximum atomic E-state index is 12.9. The van der Waals surface area contributed by atoms with E-state index in [2.05, 4.69) is 15.3 Å². The first kappa shape index (κ1) is 16.3. The first-order valence-electron chi connectivity index (χ1n) is 8.12. The Labute approximate surface area is 154 Å². The maximum absolute atomic E-state index is 12.9. The van der Waals surface area contributed by atoms with E-state index in [9.17, 15) is 4.79 Å². The van der Waals surface area contributed by atoms with Gasteiger partial charge in [0.15, 0.2) is 5.13 Å². The summed E-state index contributed by atoms with van der Waals surface area (Å²) in [6, 6.07) is 9.55. The second-order valence-electron chi connectivity index (χ2n) is 5.88. The molecule has 0 saturated carbocycles. The predicted molar refractivity (Wildman–Crippen MR) is 102 cm³/mol. The standard InChI is InChI=1S/C19H17N5OS/c1-13-11-15(14(2)24(13)19-21-8-10-26-19)18(25)22-16-5-3-4-6-17(16)23-9-7-20-12-23/h3-12H,1-2H3,(H,22,25). The highest BCUT2D eigenvalue weighted by Gasteiger charge is 2.18. The van der Waals surface area contributed by atoms with Crippen LogP contribution in [-0.4, -0.2) is 25.0 Å². The first-order valence-corrected chi connectivity index (χ1v) is 9.00. The van der Waals surface area contributed by atoms with E-state index in [0.29, 0.717) is 5.56 Å². The van der Waals surface area contributed by atoms with Crippen molar-refractivity contribution < 1.29 is 4.79 Å². The molecule has 0 saturated heterocycles. The number of carbonyl (C=O) groups excluding carboxylic acids is 1. The van der Waals surface area contributed by atoms with Gasteiger partial charge in [-0.2, -0.15) is 0 Å². The summed E-state index contributed by atoms with van der Waals surface area (Å²) >= 11 is 1.54. The molecule has 7 heteroatoms. The molecule has 130 valence electrons. The lowest BCUT2D eigenvalue weighted by atomic mass is 10.2. The van der Waals surface area contributed by atoms with Crippen LogP contribution >= 0.6 is 11.3 Å². The van der Waals surface area contributed by atoms with Crippen LogP contribution in [0.2, 0.25) is 0 Å². The van der Waals surface area contributed by atoms with Crippen LogP contribution in [0, 0.1) is 13.8 Å². The fourth-order valence-corrected chi connectivity index (χ4v) is 3.76. The summed E-state index contributed by atoms with van der Waals surface area (Å²) in [6.07, 6.45) is 7.03. The van der Waals surface area contributed by atoms with E-state index in [1.165, 1.54) is 0 Å². The van der Waals surface area contributed by atoms with Crippen LogP contribution < -0.4 is 5.32 Å². The second-order valence-corrected chi connectivity index (χ2v) is 6.75. The Hall–Kier alpha value is -3.19. The minimum absolute atomic E-state index is 0.145. The van der Waals surface area contributed by atoms with Crippen molar-refractivity contribution in [1.29, 1.82) is 0 Å². The van der Waals surface area contributed by atoms with Gasteiger partial charge in [0.25, 0.3) is 5.91 Å². The van der Waals surface area contributed by atoms with E-state index >= 15 is 0 Å². The summed E-state index contributed by atoms with van der Waals surface area (Å²) in [5.74, 6) is -0.145. The Morgan fingerprint density at radius 2 is 2.04 bits per heavy atom. The summed E-state index contributed by atoms with van der Waals surface area (Å²) in [7, 11) is 0. The number of amides is 1. The number of thiazole rings is 1. The number of hydrogen-bond donors (Lipinski definition) is 1. The molecule has 0 atom stereocenters. The molecule has 6 nitrogen and oxygen atoms in total. The van der Waals surface area contributed by atoms with Crippen LogP contribution in [0.1, 0.15) is 21.7 Å². The molecular weight excluding hydrogens is 346 g/mol. The lowest BCUT2D eigenvalue weighted by Gasteiger charge is -2.11. The third-order valence-corrected chi connectivity index (χ3v) is 4.98. The zero-order valence-electron chi connectivity index (χ0n) is 14.4. The van der Waals surface area contributed by atoms with Crippen LogP contribution in [0.4, 0.5) is 5.69 Å². The third kappa shape index (κ3) is 2.82. The Bertz CT molecular complexity index is 1050. The Balaban J connectivity index is 1.68. The minimum atomic E-state index is -0.145. The Morgan fingerprint density at radius 3 is 2.77 bits per heavy atom. The summed E-state index contributed by atoms with van der Waals surface area (Å²) in [6.45, 7) is 3.91. The average molecular weight is 363 g/mol. The highest BCUT2D eigenvalue weighted by atomic mass is 32.1. The molecule has 1 aromatic carbocycles. The van der Waals surface area contributed by atoms with Crippen LogP contribution in [0.15, 0.2) is 60.6 Å². The number of para-hydroxylation sites is 2. The van der Waals surface area contributed by atoms with E-state index in [4.69, 9.17) is 0 Å². The predicted octanol–water partition coefficient (Wildman–Crippen LogP) is 3.99. The van der Waals surface area contributed by atoms with Gasteiger partial charge in [-0.05, 0) is 32.0 Å². The van der Waals surface area contributed by atoms with Gasteiger partial charge in [-0.1, -0.05) is 12.1 Å². The fourth-order valence-electron chi connectivity index (χ4n) is 3.01. The summed E-state index contributed by atoms with van der Waals surface area (Å²) in [5, 5.41) is 5.81. The van der Waals surface area contributed by atoms with Gasteiger partial charge in [0, 0.05) is 35.4 Å². The van der Waals surface area contributed by atoms with E-state index < -0.39 is 0 Å². The monoisotopic (exact) mass is 363 g/mol. The van der Waals surface area contributed by atoms with E-state index in [0.717, 1.165) is 27.9 Å². The zero-order chi connectivity index (χ0) is 18.1. The van der Waals surface area contributed by atoms with Crippen molar-refractivity contribution in [1.82, 2.24) is 19.1 Å². The Kier molecular flexibility index (Phi) is 4.14. The van der Waals surface area contributed by atoms with Crippen LogP contribution in [-0.2, 0) is 0 Å². The van der Waals surface area contributed by atoms with Gasteiger partial charge in [-0.3, -0.25) is 9.36 Å². The minimum Gasteiger partial charge on any atom is -0.320 e. The molecule has 4 aromatic rings. The molecule has 0 aliphatic rings. The second kappa shape index (κ2) is 6.61. The van der Waals surface area contributed by atoms with E-state index in [-0.39, 0.29) is 5.91 Å². The van der Waals surface area contributed by atoms with Gasteiger partial charge in [-0.15, -0.1) is 11.3 Å². The topological polar surface area (TPSA) is 64.7 Å². The molecule has 1 N–H and O–H groups in total. The molecule has 0 bridgehead atoms. The van der Waals surface area contributed by atoms with Crippen molar-refractivity contribution in [3.8, 4) is 10.8 Å². The third-order valence-electron chi connectivity index (χ3n) is 4.22. The normalized spacial score (nSPS) is 10.8. The molecule has 0 aliphatic heterocycles. The average Bonchev–Trinajstić information content (AvgIpc) is 3.37. The largest absolute Gasteiger partial charge is 0.320 e. The van der Waals surface area contributed by atoms with E-state index in [1.54, 1.807) is 30.1 Å². The van der Waals surface area contributed by atoms with Gasteiger partial charge < -0.3 is 9.88 Å².